The number of halogens is 2. The van der Waals surface area contributed by atoms with Crippen LogP contribution < -0.4 is 15.8 Å². The van der Waals surface area contributed by atoms with Gasteiger partial charge in [0, 0.05) is 28.3 Å². The third-order valence-electron chi connectivity index (χ3n) is 8.73. The lowest BCUT2D eigenvalue weighted by atomic mass is 9.81. The molecule has 0 radical (unpaired) electrons. The van der Waals surface area contributed by atoms with Gasteiger partial charge in [0.2, 0.25) is 5.91 Å². The number of hydrogen-bond donors (Lipinski definition) is 3. The summed E-state index contributed by atoms with van der Waals surface area (Å²) in [7, 11) is 0. The quantitative estimate of drug-likeness (QED) is 0.279. The average molecular weight is 590 g/mol. The molecule has 2 fully saturated rings. The van der Waals surface area contributed by atoms with Crippen LogP contribution in [-0.2, 0) is 15.8 Å². The maximum Gasteiger partial charge on any atom is 0.251 e. The Bertz CT molecular complexity index is 1780. The molecule has 42 heavy (non-hydrogen) atoms. The monoisotopic (exact) mass is 589 g/mol. The topological polar surface area (TPSA) is 132 Å². The highest BCUT2D eigenvalue weighted by Crippen LogP contribution is 2.50. The number of carbonyl (C=O) groups excluding carboxylic acids is 2. The molecule has 1 unspecified atom stereocenters. The normalized spacial score (nSPS) is 21.0. The predicted molar refractivity (Wildman–Crippen MR) is 154 cm³/mol. The molecule has 4 N–H and O–H groups in total. The molecule has 2 aliphatic carbocycles. The molecule has 3 heterocycles. The number of primary amides is 1. The van der Waals surface area contributed by atoms with Gasteiger partial charge in [0.25, 0.3) is 5.91 Å². The Morgan fingerprint density at radius 3 is 2.69 bits per heavy atom. The standard InChI is InChI=1S/C31H29ClFN5O4/c1-30(29(34)40)15-42-27-21(30)12-25(36-26(27)16-2-8-23(33)22(32)11-16)31(41,19-4-5-19)14-35-28(39)17-3-9-24-18(10-17)13-38(37-24)20-6-7-20/h2-3,8-13,19-20,41H,4-7,14-15H2,1H3,(H2,34,40)(H,35,39)/t30-,31?/m0/s1. The number of nitrogens with two attached hydrogens (primary N) is 1. The number of nitrogens with one attached hydrogen (secondary N) is 1. The van der Waals surface area contributed by atoms with Crippen LogP contribution >= 0.6 is 11.6 Å². The van der Waals surface area contributed by atoms with Crippen LogP contribution in [0.2, 0.25) is 5.02 Å². The highest BCUT2D eigenvalue weighted by atomic mass is 35.5. The van der Waals surface area contributed by atoms with E-state index < -0.39 is 22.7 Å². The molecule has 0 spiro atoms. The molecule has 2 amide bonds. The summed E-state index contributed by atoms with van der Waals surface area (Å²) >= 11 is 6.09. The smallest absolute Gasteiger partial charge is 0.251 e. The predicted octanol–water partition coefficient (Wildman–Crippen LogP) is 4.39. The van der Waals surface area contributed by atoms with E-state index in [1.165, 1.54) is 18.2 Å². The molecule has 0 bridgehead atoms. The minimum atomic E-state index is -1.55. The van der Waals surface area contributed by atoms with Crippen molar-refractivity contribution in [2.75, 3.05) is 13.2 Å². The summed E-state index contributed by atoms with van der Waals surface area (Å²) < 4.78 is 21.9. The molecule has 1 aliphatic heterocycles. The van der Waals surface area contributed by atoms with Crippen molar-refractivity contribution in [1.82, 2.24) is 20.1 Å². The van der Waals surface area contributed by atoms with E-state index in [1.54, 1.807) is 25.1 Å². The van der Waals surface area contributed by atoms with Gasteiger partial charge in [-0.05, 0) is 81.0 Å². The number of rotatable bonds is 8. The number of fused-ring (bicyclic) bond motifs is 2. The van der Waals surface area contributed by atoms with E-state index in [4.69, 9.17) is 27.1 Å². The molecular formula is C31H29ClFN5O4. The highest BCUT2D eigenvalue weighted by Gasteiger charge is 2.50. The first-order chi connectivity index (χ1) is 20.1. The van der Waals surface area contributed by atoms with Gasteiger partial charge in [0.1, 0.15) is 34.9 Å². The van der Waals surface area contributed by atoms with Crippen LogP contribution in [0.3, 0.4) is 0 Å². The van der Waals surface area contributed by atoms with Gasteiger partial charge in [0.05, 0.1) is 28.8 Å². The number of ether oxygens (including phenoxy) is 1. The molecule has 11 heteroatoms. The van der Waals surface area contributed by atoms with Crippen molar-refractivity contribution in [3.63, 3.8) is 0 Å². The zero-order chi connectivity index (χ0) is 29.4. The number of carbonyl (C=O) groups is 2. The number of amides is 2. The van der Waals surface area contributed by atoms with Crippen LogP contribution in [-0.4, -0.2) is 44.8 Å². The fraction of sp³-hybridized carbons (Fsp3) is 0.355. The Balaban J connectivity index is 1.25. The van der Waals surface area contributed by atoms with E-state index in [0.29, 0.717) is 34.2 Å². The third kappa shape index (κ3) is 4.40. The summed E-state index contributed by atoms with van der Waals surface area (Å²) in [5.74, 6) is -1.37. The number of hydrogen-bond acceptors (Lipinski definition) is 6. The number of benzene rings is 2. The molecule has 7 rings (SSSR count). The molecule has 216 valence electrons. The van der Waals surface area contributed by atoms with Crippen molar-refractivity contribution in [3.8, 4) is 17.0 Å². The summed E-state index contributed by atoms with van der Waals surface area (Å²) in [4.78, 5) is 30.7. The largest absolute Gasteiger partial charge is 0.489 e. The molecule has 0 saturated heterocycles. The summed E-state index contributed by atoms with van der Waals surface area (Å²) in [6, 6.07) is 11.6. The number of nitrogens with zero attached hydrogens (tertiary/aromatic N) is 3. The van der Waals surface area contributed by atoms with Crippen LogP contribution in [0.15, 0.2) is 48.7 Å². The van der Waals surface area contributed by atoms with E-state index in [0.717, 1.165) is 36.6 Å². The first kappa shape index (κ1) is 26.9. The lowest BCUT2D eigenvalue weighted by Crippen LogP contribution is -2.44. The molecule has 2 aromatic carbocycles. The maximum absolute atomic E-state index is 14.0. The fourth-order valence-electron chi connectivity index (χ4n) is 5.68. The Hall–Kier alpha value is -4.02. The van der Waals surface area contributed by atoms with Gasteiger partial charge in [-0.2, -0.15) is 5.10 Å². The van der Waals surface area contributed by atoms with Crippen molar-refractivity contribution < 1.29 is 23.8 Å². The number of pyridine rings is 1. The third-order valence-corrected chi connectivity index (χ3v) is 9.02. The van der Waals surface area contributed by atoms with Crippen molar-refractivity contribution in [3.05, 3.63) is 76.3 Å². The Morgan fingerprint density at radius 2 is 2.00 bits per heavy atom. The van der Waals surface area contributed by atoms with E-state index in [1.807, 2.05) is 16.9 Å². The van der Waals surface area contributed by atoms with Gasteiger partial charge in [-0.15, -0.1) is 0 Å². The van der Waals surface area contributed by atoms with Gasteiger partial charge in [-0.25, -0.2) is 9.37 Å². The summed E-state index contributed by atoms with van der Waals surface area (Å²) in [5.41, 5.74) is 5.84. The molecule has 9 nitrogen and oxygen atoms in total. The summed E-state index contributed by atoms with van der Waals surface area (Å²) in [6.07, 6.45) is 5.65. The van der Waals surface area contributed by atoms with Gasteiger partial charge in [-0.3, -0.25) is 14.3 Å². The Kier molecular flexibility index (Phi) is 6.07. The van der Waals surface area contributed by atoms with E-state index in [-0.39, 0.29) is 35.7 Å². The van der Waals surface area contributed by atoms with Crippen molar-refractivity contribution in [1.29, 1.82) is 0 Å². The minimum Gasteiger partial charge on any atom is -0.489 e. The average Bonchev–Trinajstić information content (AvgIpc) is 3.92. The minimum absolute atomic E-state index is 0.0108. The summed E-state index contributed by atoms with van der Waals surface area (Å²) in [6.45, 7) is 1.55. The zero-order valence-electron chi connectivity index (χ0n) is 22.9. The molecule has 3 aliphatic rings. The van der Waals surface area contributed by atoms with Crippen LogP contribution in [0.4, 0.5) is 4.39 Å². The van der Waals surface area contributed by atoms with Gasteiger partial charge in [-0.1, -0.05) is 11.6 Å². The number of aromatic nitrogens is 3. The Morgan fingerprint density at radius 1 is 1.21 bits per heavy atom. The molecule has 2 atom stereocenters. The lowest BCUT2D eigenvalue weighted by molar-refractivity contribution is -0.123. The SMILES string of the molecule is C[C@]1(C(N)=O)COc2c1cc(C(O)(CNC(=O)c1ccc3nn(C4CC4)cc3c1)C1CC1)nc2-c1ccc(F)c(Cl)c1. The lowest BCUT2D eigenvalue weighted by Gasteiger charge is -2.30. The summed E-state index contributed by atoms with van der Waals surface area (Å²) in [5, 5.41) is 20.4. The van der Waals surface area contributed by atoms with E-state index >= 15 is 0 Å². The second-order valence-corrected chi connectivity index (χ2v) is 12.2. The van der Waals surface area contributed by atoms with Crippen LogP contribution in [0.25, 0.3) is 22.2 Å². The van der Waals surface area contributed by atoms with Gasteiger partial charge in [0.15, 0.2) is 0 Å². The van der Waals surface area contributed by atoms with Crippen LogP contribution in [0, 0.1) is 11.7 Å². The first-order valence-corrected chi connectivity index (χ1v) is 14.4. The van der Waals surface area contributed by atoms with Gasteiger partial charge >= 0.3 is 0 Å². The molecule has 4 aromatic rings. The van der Waals surface area contributed by atoms with Crippen LogP contribution in [0.1, 0.15) is 60.3 Å². The van der Waals surface area contributed by atoms with Crippen molar-refractivity contribution in [2.45, 2.75) is 49.7 Å². The Labute approximate surface area is 245 Å². The molecule has 2 aromatic heterocycles. The molecule has 2 saturated carbocycles. The maximum atomic E-state index is 14.0. The first-order valence-electron chi connectivity index (χ1n) is 14.0. The number of aliphatic hydroxyl groups is 1. The fourth-order valence-corrected chi connectivity index (χ4v) is 5.86. The second kappa shape index (κ2) is 9.50. The highest BCUT2D eigenvalue weighted by molar-refractivity contribution is 6.31. The second-order valence-electron chi connectivity index (χ2n) is 11.8. The van der Waals surface area contributed by atoms with Crippen molar-refractivity contribution >= 4 is 34.3 Å². The molecular weight excluding hydrogens is 561 g/mol. The van der Waals surface area contributed by atoms with E-state index in [9.17, 15) is 19.1 Å². The van der Waals surface area contributed by atoms with Crippen LogP contribution in [0.5, 0.6) is 5.75 Å². The van der Waals surface area contributed by atoms with Crippen molar-refractivity contribution in [2.24, 2.45) is 11.7 Å². The zero-order valence-corrected chi connectivity index (χ0v) is 23.6. The van der Waals surface area contributed by atoms with Gasteiger partial charge < -0.3 is 20.9 Å². The van der Waals surface area contributed by atoms with E-state index in [2.05, 4.69) is 10.4 Å².